The van der Waals surface area contributed by atoms with Crippen molar-refractivity contribution in [2.45, 2.75) is 57.6 Å². The van der Waals surface area contributed by atoms with Crippen LogP contribution in [0.2, 0.25) is 0 Å². The van der Waals surface area contributed by atoms with E-state index in [1.165, 1.54) is 24.3 Å². The largest absolute Gasteiger partial charge is 0.474 e. The molecule has 0 saturated heterocycles. The number of nitrogens with one attached hydrogen (secondary N) is 1. The molecule has 3 N–H and O–H groups in total. The molecule has 1 aromatic carbocycles. The monoisotopic (exact) mass is 394 g/mol. The van der Waals surface area contributed by atoms with Crippen molar-refractivity contribution < 1.29 is 17.9 Å². The number of nitrogen functional groups attached to an aromatic ring is 1. The molecule has 1 aromatic heterocycles. The van der Waals surface area contributed by atoms with E-state index < -0.39 is 10.0 Å². The van der Waals surface area contributed by atoms with E-state index in [0.29, 0.717) is 5.69 Å². The lowest BCUT2D eigenvalue weighted by molar-refractivity contribution is 0.194. The zero-order chi connectivity index (χ0) is 20.0. The molecule has 0 aliphatic rings. The van der Waals surface area contributed by atoms with Crippen molar-refractivity contribution >= 4 is 21.7 Å². The summed E-state index contributed by atoms with van der Waals surface area (Å²) in [5.41, 5.74) is 6.08. The summed E-state index contributed by atoms with van der Waals surface area (Å²) in [6.45, 7) is 7.76. The predicted octanol–water partition coefficient (Wildman–Crippen LogP) is 3.21. The van der Waals surface area contributed by atoms with Gasteiger partial charge in [0.15, 0.2) is 0 Å². The van der Waals surface area contributed by atoms with Gasteiger partial charge in [-0.25, -0.2) is 13.1 Å². The van der Waals surface area contributed by atoms with Gasteiger partial charge in [0.05, 0.1) is 23.2 Å². The molecule has 27 heavy (non-hydrogen) atoms. The molecule has 9 heteroatoms. The Morgan fingerprint density at radius 3 is 1.93 bits per heavy atom. The van der Waals surface area contributed by atoms with Gasteiger partial charge in [-0.15, -0.1) is 0 Å². The molecule has 2 unspecified atom stereocenters. The molecule has 2 rings (SSSR count). The number of ether oxygens (including phenoxy) is 2. The molecular weight excluding hydrogens is 368 g/mol. The lowest BCUT2D eigenvalue weighted by Gasteiger charge is -2.16. The zero-order valence-corrected chi connectivity index (χ0v) is 16.8. The number of nitrogens with zero attached hydrogens (tertiary/aromatic N) is 2. The Morgan fingerprint density at radius 2 is 1.48 bits per heavy atom. The van der Waals surface area contributed by atoms with Crippen LogP contribution in [0.25, 0.3) is 0 Å². The van der Waals surface area contributed by atoms with Crippen LogP contribution in [0.15, 0.2) is 35.2 Å². The second-order valence-corrected chi connectivity index (χ2v) is 7.90. The molecule has 0 spiro atoms. The first-order valence-electron chi connectivity index (χ1n) is 8.84. The molecule has 8 nitrogen and oxygen atoms in total. The number of hydrogen-bond donors (Lipinski definition) is 2. The van der Waals surface area contributed by atoms with Gasteiger partial charge in [-0.2, -0.15) is 9.97 Å². The standard InChI is InChI=1S/C18H26N4O4S/c1-5-12(3)25-16-11-17(26-13(4)6-2)21-18(20-16)22-27(23,24)15-9-7-14(19)8-10-15/h7-13H,5-6,19H2,1-4H3,(H,20,21,22). The average molecular weight is 394 g/mol. The van der Waals surface area contributed by atoms with Gasteiger partial charge < -0.3 is 15.2 Å². The van der Waals surface area contributed by atoms with E-state index in [4.69, 9.17) is 15.2 Å². The second-order valence-electron chi connectivity index (χ2n) is 6.22. The average Bonchev–Trinajstić information content (AvgIpc) is 2.61. The van der Waals surface area contributed by atoms with Crippen LogP contribution < -0.4 is 19.9 Å². The van der Waals surface area contributed by atoms with Crippen molar-refractivity contribution in [3.63, 3.8) is 0 Å². The summed E-state index contributed by atoms with van der Waals surface area (Å²) in [6.07, 6.45) is 1.38. The number of rotatable bonds is 9. The Balaban J connectivity index is 2.34. The number of sulfonamides is 1. The van der Waals surface area contributed by atoms with E-state index in [1.807, 2.05) is 27.7 Å². The van der Waals surface area contributed by atoms with Gasteiger partial charge in [0.2, 0.25) is 17.7 Å². The fourth-order valence-corrected chi connectivity index (χ4v) is 2.92. The van der Waals surface area contributed by atoms with Gasteiger partial charge in [0, 0.05) is 5.69 Å². The Kier molecular flexibility index (Phi) is 6.84. The molecule has 1 heterocycles. The van der Waals surface area contributed by atoms with Gasteiger partial charge in [0.1, 0.15) is 0 Å². The van der Waals surface area contributed by atoms with E-state index in [0.717, 1.165) is 12.8 Å². The van der Waals surface area contributed by atoms with Crippen LogP contribution in [0, 0.1) is 0 Å². The summed E-state index contributed by atoms with van der Waals surface area (Å²) in [4.78, 5) is 8.36. The Hall–Kier alpha value is -2.55. The summed E-state index contributed by atoms with van der Waals surface area (Å²) in [5, 5.41) is 0. The van der Waals surface area contributed by atoms with Crippen LogP contribution in [0.4, 0.5) is 11.6 Å². The molecule has 0 radical (unpaired) electrons. The van der Waals surface area contributed by atoms with E-state index in [9.17, 15) is 8.42 Å². The Bertz CT molecular complexity index is 826. The molecule has 2 aromatic rings. The first kappa shape index (κ1) is 20.8. The van der Waals surface area contributed by atoms with Crippen LogP contribution >= 0.6 is 0 Å². The number of aromatic nitrogens is 2. The normalized spacial score (nSPS) is 13.6. The molecule has 0 aliphatic carbocycles. The fraction of sp³-hybridized carbons (Fsp3) is 0.444. The van der Waals surface area contributed by atoms with Crippen molar-refractivity contribution in [3.8, 4) is 11.8 Å². The molecule has 0 fully saturated rings. The van der Waals surface area contributed by atoms with Gasteiger partial charge in [-0.05, 0) is 51.0 Å². The molecular formula is C18H26N4O4S. The van der Waals surface area contributed by atoms with Crippen LogP contribution in [0.1, 0.15) is 40.5 Å². The third-order valence-corrected chi connectivity index (χ3v) is 5.23. The minimum Gasteiger partial charge on any atom is -0.474 e. The van der Waals surface area contributed by atoms with Crippen molar-refractivity contribution in [3.05, 3.63) is 30.3 Å². The third kappa shape index (κ3) is 5.99. The summed E-state index contributed by atoms with van der Waals surface area (Å²) in [5.74, 6) is 0.367. The highest BCUT2D eigenvalue weighted by molar-refractivity contribution is 7.92. The van der Waals surface area contributed by atoms with Gasteiger partial charge in [0.25, 0.3) is 10.0 Å². The molecule has 0 aliphatic heterocycles. The minimum absolute atomic E-state index is 0.0537. The Morgan fingerprint density at radius 1 is 1.00 bits per heavy atom. The summed E-state index contributed by atoms with van der Waals surface area (Å²) in [7, 11) is -3.87. The molecule has 0 amide bonds. The van der Waals surface area contributed by atoms with E-state index >= 15 is 0 Å². The summed E-state index contributed by atoms with van der Waals surface area (Å²) in [6, 6.07) is 7.39. The van der Waals surface area contributed by atoms with Crippen molar-refractivity contribution in [2.75, 3.05) is 10.5 Å². The minimum atomic E-state index is -3.87. The first-order valence-corrected chi connectivity index (χ1v) is 10.3. The SMILES string of the molecule is CCC(C)Oc1cc(OC(C)CC)nc(NS(=O)(=O)c2ccc(N)cc2)n1. The second kappa shape index (κ2) is 8.90. The fourth-order valence-electron chi connectivity index (χ4n) is 1.98. The molecule has 2 atom stereocenters. The van der Waals surface area contributed by atoms with E-state index in [2.05, 4.69) is 14.7 Å². The maximum absolute atomic E-state index is 12.6. The topological polar surface area (TPSA) is 116 Å². The number of anilines is 2. The van der Waals surface area contributed by atoms with Crippen LogP contribution in [0.5, 0.6) is 11.8 Å². The first-order chi connectivity index (χ1) is 12.7. The summed E-state index contributed by atoms with van der Waals surface area (Å²) >= 11 is 0. The van der Waals surface area contributed by atoms with Gasteiger partial charge in [-0.1, -0.05) is 13.8 Å². The highest BCUT2D eigenvalue weighted by Crippen LogP contribution is 2.23. The highest BCUT2D eigenvalue weighted by Gasteiger charge is 2.18. The Labute approximate surface area is 160 Å². The van der Waals surface area contributed by atoms with Crippen LogP contribution in [-0.4, -0.2) is 30.6 Å². The molecule has 0 saturated carbocycles. The van der Waals surface area contributed by atoms with Crippen molar-refractivity contribution in [1.82, 2.24) is 9.97 Å². The summed E-state index contributed by atoms with van der Waals surface area (Å²) < 4.78 is 39.0. The maximum Gasteiger partial charge on any atom is 0.264 e. The highest BCUT2D eigenvalue weighted by atomic mass is 32.2. The molecule has 148 valence electrons. The van der Waals surface area contributed by atoms with Crippen molar-refractivity contribution in [1.29, 1.82) is 0 Å². The van der Waals surface area contributed by atoms with Crippen molar-refractivity contribution in [2.24, 2.45) is 0 Å². The van der Waals surface area contributed by atoms with Crippen LogP contribution in [0.3, 0.4) is 0 Å². The zero-order valence-electron chi connectivity index (χ0n) is 16.0. The lowest BCUT2D eigenvalue weighted by atomic mass is 10.3. The maximum atomic E-state index is 12.6. The van der Waals surface area contributed by atoms with Crippen LogP contribution in [-0.2, 0) is 10.0 Å². The number of hydrogen-bond acceptors (Lipinski definition) is 7. The van der Waals surface area contributed by atoms with Gasteiger partial charge in [-0.3, -0.25) is 0 Å². The van der Waals surface area contributed by atoms with Gasteiger partial charge >= 0.3 is 0 Å². The predicted molar refractivity (Wildman–Crippen MR) is 104 cm³/mol. The lowest BCUT2D eigenvalue weighted by Crippen LogP contribution is -2.18. The van der Waals surface area contributed by atoms with E-state index in [1.54, 1.807) is 6.07 Å². The number of nitrogens with two attached hydrogens (primary N) is 1. The molecule has 0 bridgehead atoms. The van der Waals surface area contributed by atoms with E-state index in [-0.39, 0.29) is 34.8 Å². The number of benzene rings is 1. The quantitative estimate of drug-likeness (QED) is 0.627. The smallest absolute Gasteiger partial charge is 0.264 e. The third-order valence-electron chi connectivity index (χ3n) is 3.89.